The van der Waals surface area contributed by atoms with Gasteiger partial charge in [-0.3, -0.25) is 0 Å². The van der Waals surface area contributed by atoms with Gasteiger partial charge in [0.25, 0.3) is 0 Å². The normalized spacial score (nSPS) is 10.6. The molecule has 0 bridgehead atoms. The van der Waals surface area contributed by atoms with Crippen LogP contribution in [-0.4, -0.2) is 12.2 Å². The van der Waals surface area contributed by atoms with Crippen LogP contribution in [0.15, 0.2) is 89.9 Å². The Balaban J connectivity index is 1.52. The highest BCUT2D eigenvalue weighted by molar-refractivity contribution is 5.97. The molecule has 0 saturated heterocycles. The lowest BCUT2D eigenvalue weighted by Crippen LogP contribution is -2.06. The zero-order chi connectivity index (χ0) is 17.3. The first-order valence-electron chi connectivity index (χ1n) is 7.96. The molecule has 1 N–H and O–H groups in total. The molecule has 0 aromatic heterocycles. The highest BCUT2D eigenvalue weighted by atomic mass is 16.5. The van der Waals surface area contributed by atoms with E-state index in [1.165, 1.54) is 6.21 Å². The van der Waals surface area contributed by atoms with Crippen molar-refractivity contribution in [2.45, 2.75) is 6.61 Å². The fourth-order valence-corrected chi connectivity index (χ4v) is 2.20. The first kappa shape index (κ1) is 16.5. The minimum absolute atomic E-state index is 0.415. The number of carbonyl (C=O) groups excluding carboxylic acids is 1. The number of nitrogens with one attached hydrogen (secondary N) is 1. The number of carbonyl (C=O) groups is 1. The molecule has 3 aromatic carbocycles. The summed E-state index contributed by atoms with van der Waals surface area (Å²) in [6.45, 7) is 0.508. The van der Waals surface area contributed by atoms with Crippen molar-refractivity contribution in [3.8, 4) is 5.75 Å². The van der Waals surface area contributed by atoms with Crippen LogP contribution in [0.1, 0.15) is 11.1 Å². The summed E-state index contributed by atoms with van der Waals surface area (Å²) in [5, 5.41) is 2.72. The summed E-state index contributed by atoms with van der Waals surface area (Å²) in [6, 6.07) is 26.2. The summed E-state index contributed by atoms with van der Waals surface area (Å²) >= 11 is 0. The Kier molecular flexibility index (Phi) is 5.56. The molecule has 25 heavy (non-hydrogen) atoms. The molecule has 0 fully saturated rings. The van der Waals surface area contributed by atoms with Gasteiger partial charge in [-0.25, -0.2) is 9.79 Å². The molecule has 0 atom stereocenters. The maximum atomic E-state index is 11.8. The Morgan fingerprint density at radius 1 is 0.880 bits per heavy atom. The summed E-state index contributed by atoms with van der Waals surface area (Å²) < 4.78 is 5.72. The van der Waals surface area contributed by atoms with E-state index in [1.807, 2.05) is 72.8 Å². The van der Waals surface area contributed by atoms with E-state index >= 15 is 0 Å². The molecule has 124 valence electrons. The second-order valence-electron chi connectivity index (χ2n) is 5.40. The van der Waals surface area contributed by atoms with Crippen molar-refractivity contribution in [3.05, 3.63) is 96.1 Å². The second kappa shape index (κ2) is 8.45. The van der Waals surface area contributed by atoms with Gasteiger partial charge in [0.1, 0.15) is 12.4 Å². The number of hydrogen-bond acceptors (Lipinski definition) is 2. The zero-order valence-electron chi connectivity index (χ0n) is 13.6. The molecule has 0 saturated carbocycles. The Hall–Kier alpha value is -3.40. The zero-order valence-corrected chi connectivity index (χ0v) is 13.6. The molecule has 2 amide bonds. The first-order valence-corrected chi connectivity index (χ1v) is 7.96. The molecule has 3 aromatic rings. The van der Waals surface area contributed by atoms with Crippen molar-refractivity contribution in [1.29, 1.82) is 0 Å². The lowest BCUT2D eigenvalue weighted by atomic mass is 10.2. The monoisotopic (exact) mass is 330 g/mol. The van der Waals surface area contributed by atoms with Gasteiger partial charge in [0.15, 0.2) is 0 Å². The van der Waals surface area contributed by atoms with E-state index in [0.717, 1.165) is 16.9 Å². The van der Waals surface area contributed by atoms with Crippen molar-refractivity contribution >= 4 is 17.9 Å². The third-order valence-electron chi connectivity index (χ3n) is 3.48. The number of amides is 2. The van der Waals surface area contributed by atoms with Crippen LogP contribution >= 0.6 is 0 Å². The summed E-state index contributed by atoms with van der Waals surface area (Å²) in [5.41, 5.74) is 2.65. The van der Waals surface area contributed by atoms with Crippen LogP contribution < -0.4 is 10.1 Å². The van der Waals surface area contributed by atoms with Crippen LogP contribution in [-0.2, 0) is 6.61 Å². The van der Waals surface area contributed by atoms with Gasteiger partial charge in [-0.2, -0.15) is 0 Å². The van der Waals surface area contributed by atoms with E-state index in [4.69, 9.17) is 4.74 Å². The predicted molar refractivity (Wildman–Crippen MR) is 100 cm³/mol. The topological polar surface area (TPSA) is 50.7 Å². The molecule has 0 spiro atoms. The number of nitrogens with zero attached hydrogens (tertiary/aromatic N) is 1. The van der Waals surface area contributed by atoms with Gasteiger partial charge >= 0.3 is 6.03 Å². The Labute approximate surface area is 146 Å². The van der Waals surface area contributed by atoms with Crippen LogP contribution in [0.25, 0.3) is 0 Å². The lowest BCUT2D eigenvalue weighted by Gasteiger charge is -2.07. The SMILES string of the molecule is O=C(N=Cc1ccccc1)Nc1ccc(OCc2ccccc2)cc1. The molecule has 0 radical (unpaired) electrons. The fourth-order valence-electron chi connectivity index (χ4n) is 2.20. The van der Waals surface area contributed by atoms with E-state index in [0.29, 0.717) is 12.3 Å². The van der Waals surface area contributed by atoms with Crippen LogP contribution in [0.5, 0.6) is 5.75 Å². The summed E-state index contributed by atoms with van der Waals surface area (Å²) in [5.74, 6) is 0.745. The summed E-state index contributed by atoms with van der Waals surface area (Å²) in [4.78, 5) is 15.7. The minimum atomic E-state index is -0.415. The molecule has 0 heterocycles. The number of urea groups is 1. The van der Waals surface area contributed by atoms with Gasteiger partial charge in [-0.05, 0) is 35.4 Å². The number of anilines is 1. The Bertz CT molecular complexity index is 829. The van der Waals surface area contributed by atoms with E-state index < -0.39 is 6.03 Å². The number of benzene rings is 3. The van der Waals surface area contributed by atoms with Crippen molar-refractivity contribution in [3.63, 3.8) is 0 Å². The van der Waals surface area contributed by atoms with Crippen molar-refractivity contribution in [1.82, 2.24) is 0 Å². The molecule has 4 nitrogen and oxygen atoms in total. The van der Waals surface area contributed by atoms with E-state index in [9.17, 15) is 4.79 Å². The Morgan fingerprint density at radius 2 is 1.52 bits per heavy atom. The molecule has 0 unspecified atom stereocenters. The van der Waals surface area contributed by atoms with Crippen LogP contribution in [0, 0.1) is 0 Å². The van der Waals surface area contributed by atoms with E-state index in [1.54, 1.807) is 12.1 Å². The van der Waals surface area contributed by atoms with Crippen LogP contribution in [0.4, 0.5) is 10.5 Å². The van der Waals surface area contributed by atoms with Gasteiger partial charge in [-0.15, -0.1) is 0 Å². The van der Waals surface area contributed by atoms with Gasteiger partial charge in [-0.1, -0.05) is 60.7 Å². The van der Waals surface area contributed by atoms with Gasteiger partial charge in [0, 0.05) is 11.9 Å². The maximum absolute atomic E-state index is 11.8. The van der Waals surface area contributed by atoms with Crippen molar-refractivity contribution < 1.29 is 9.53 Å². The summed E-state index contributed by atoms with van der Waals surface area (Å²) in [6.07, 6.45) is 1.53. The highest BCUT2D eigenvalue weighted by Gasteiger charge is 2.00. The second-order valence-corrected chi connectivity index (χ2v) is 5.40. The fraction of sp³-hybridized carbons (Fsp3) is 0.0476. The average molecular weight is 330 g/mol. The van der Waals surface area contributed by atoms with Crippen LogP contribution in [0.2, 0.25) is 0 Å². The van der Waals surface area contributed by atoms with Gasteiger partial charge in [0.2, 0.25) is 0 Å². The first-order chi connectivity index (χ1) is 12.3. The number of aliphatic imine (C=N–C) groups is 1. The maximum Gasteiger partial charge on any atom is 0.345 e. The highest BCUT2D eigenvalue weighted by Crippen LogP contribution is 2.17. The van der Waals surface area contributed by atoms with E-state index in [-0.39, 0.29) is 0 Å². The number of hydrogen-bond donors (Lipinski definition) is 1. The molecular weight excluding hydrogens is 312 g/mol. The molecule has 0 aliphatic carbocycles. The number of ether oxygens (including phenoxy) is 1. The largest absolute Gasteiger partial charge is 0.489 e. The molecule has 4 heteroatoms. The lowest BCUT2D eigenvalue weighted by molar-refractivity contribution is 0.259. The third kappa shape index (κ3) is 5.32. The Morgan fingerprint density at radius 3 is 2.20 bits per heavy atom. The van der Waals surface area contributed by atoms with E-state index in [2.05, 4.69) is 10.3 Å². The summed E-state index contributed by atoms with van der Waals surface area (Å²) in [7, 11) is 0. The molecule has 0 aliphatic rings. The standard InChI is InChI=1S/C21H18N2O2/c24-21(22-15-17-7-3-1-4-8-17)23-19-11-13-20(14-12-19)25-16-18-9-5-2-6-10-18/h1-15H,16H2,(H,23,24). The smallest absolute Gasteiger partial charge is 0.345 e. The number of rotatable bonds is 5. The quantitative estimate of drug-likeness (QED) is 0.675. The predicted octanol–water partition coefficient (Wildman–Crippen LogP) is 4.92. The molecular formula is C21H18N2O2. The van der Waals surface area contributed by atoms with Crippen LogP contribution in [0.3, 0.4) is 0 Å². The molecule has 0 aliphatic heterocycles. The molecule has 3 rings (SSSR count). The minimum Gasteiger partial charge on any atom is -0.489 e. The van der Waals surface area contributed by atoms with Gasteiger partial charge < -0.3 is 10.1 Å². The van der Waals surface area contributed by atoms with Crippen molar-refractivity contribution in [2.24, 2.45) is 4.99 Å². The third-order valence-corrected chi connectivity index (χ3v) is 3.48. The van der Waals surface area contributed by atoms with Gasteiger partial charge in [0.05, 0.1) is 0 Å². The van der Waals surface area contributed by atoms with Crippen molar-refractivity contribution in [2.75, 3.05) is 5.32 Å². The average Bonchev–Trinajstić information content (AvgIpc) is 2.67.